The number of hydrogen-bond acceptors (Lipinski definition) is 3. The third-order valence-corrected chi connectivity index (χ3v) is 2.41. The summed E-state index contributed by atoms with van der Waals surface area (Å²) in [6, 6.07) is 0.584. The molecule has 0 aliphatic rings. The Balaban J connectivity index is 2.86. The van der Waals surface area contributed by atoms with Crippen LogP contribution in [0.4, 0.5) is 8.78 Å². The molecule has 0 unspecified atom stereocenters. The SMILES string of the molecule is CC(C)[C@@H](CO)NC(=O)c1ccnc(F)c1F. The monoisotopic (exact) mass is 244 g/mol. The molecule has 1 heterocycles. The highest BCUT2D eigenvalue weighted by molar-refractivity contribution is 5.94. The summed E-state index contributed by atoms with van der Waals surface area (Å²) in [5, 5.41) is 11.4. The summed E-state index contributed by atoms with van der Waals surface area (Å²) in [5.41, 5.74) is -0.420. The zero-order valence-corrected chi connectivity index (χ0v) is 9.58. The van der Waals surface area contributed by atoms with Crippen molar-refractivity contribution in [2.75, 3.05) is 6.61 Å². The molecule has 6 heteroatoms. The lowest BCUT2D eigenvalue weighted by atomic mass is 10.0. The predicted molar refractivity (Wildman–Crippen MR) is 57.3 cm³/mol. The zero-order chi connectivity index (χ0) is 13.0. The van der Waals surface area contributed by atoms with Crippen LogP contribution in [0.25, 0.3) is 0 Å². The van der Waals surface area contributed by atoms with E-state index in [9.17, 15) is 13.6 Å². The first-order valence-corrected chi connectivity index (χ1v) is 5.19. The summed E-state index contributed by atoms with van der Waals surface area (Å²) in [6.45, 7) is 3.33. The van der Waals surface area contributed by atoms with Crippen LogP contribution in [0.5, 0.6) is 0 Å². The lowest BCUT2D eigenvalue weighted by Crippen LogP contribution is -2.41. The number of aromatic nitrogens is 1. The molecule has 0 radical (unpaired) electrons. The van der Waals surface area contributed by atoms with Gasteiger partial charge in [0.25, 0.3) is 5.91 Å². The van der Waals surface area contributed by atoms with Crippen LogP contribution in [0.15, 0.2) is 12.3 Å². The molecular formula is C11H14F2N2O2. The van der Waals surface area contributed by atoms with Gasteiger partial charge in [-0.05, 0) is 12.0 Å². The van der Waals surface area contributed by atoms with Crippen molar-refractivity contribution in [3.63, 3.8) is 0 Å². The Hall–Kier alpha value is -1.56. The first-order chi connectivity index (χ1) is 7.97. The molecule has 0 aromatic carbocycles. The lowest BCUT2D eigenvalue weighted by Gasteiger charge is -2.19. The van der Waals surface area contributed by atoms with Gasteiger partial charge in [0.1, 0.15) is 0 Å². The first kappa shape index (κ1) is 13.5. The van der Waals surface area contributed by atoms with Gasteiger partial charge in [0, 0.05) is 6.20 Å². The van der Waals surface area contributed by atoms with Gasteiger partial charge < -0.3 is 10.4 Å². The minimum absolute atomic E-state index is 0.0151. The van der Waals surface area contributed by atoms with E-state index in [1.807, 2.05) is 0 Å². The molecular weight excluding hydrogens is 230 g/mol. The molecule has 0 spiro atoms. The molecule has 1 atom stereocenters. The summed E-state index contributed by atoms with van der Waals surface area (Å²) in [7, 11) is 0. The lowest BCUT2D eigenvalue weighted by molar-refractivity contribution is 0.0891. The Morgan fingerprint density at radius 3 is 2.71 bits per heavy atom. The van der Waals surface area contributed by atoms with Crippen molar-refractivity contribution in [1.82, 2.24) is 10.3 Å². The molecule has 4 nitrogen and oxygen atoms in total. The third-order valence-electron chi connectivity index (χ3n) is 2.41. The number of carbonyl (C=O) groups is 1. The smallest absolute Gasteiger partial charge is 0.254 e. The van der Waals surface area contributed by atoms with Gasteiger partial charge in [-0.3, -0.25) is 4.79 Å². The number of aliphatic hydroxyl groups is 1. The molecule has 1 aromatic rings. The zero-order valence-electron chi connectivity index (χ0n) is 9.58. The van der Waals surface area contributed by atoms with Gasteiger partial charge in [-0.2, -0.15) is 4.39 Å². The average molecular weight is 244 g/mol. The molecule has 1 rings (SSSR count). The fourth-order valence-electron chi connectivity index (χ4n) is 1.26. The molecule has 1 amide bonds. The summed E-state index contributed by atoms with van der Waals surface area (Å²) >= 11 is 0. The van der Waals surface area contributed by atoms with Crippen molar-refractivity contribution in [2.24, 2.45) is 5.92 Å². The van der Waals surface area contributed by atoms with Crippen molar-refractivity contribution in [2.45, 2.75) is 19.9 Å². The highest BCUT2D eigenvalue weighted by Gasteiger charge is 2.20. The van der Waals surface area contributed by atoms with E-state index >= 15 is 0 Å². The maximum atomic E-state index is 13.2. The van der Waals surface area contributed by atoms with E-state index in [0.29, 0.717) is 0 Å². The Morgan fingerprint density at radius 2 is 2.18 bits per heavy atom. The van der Waals surface area contributed by atoms with E-state index in [0.717, 1.165) is 12.3 Å². The molecule has 0 saturated carbocycles. The summed E-state index contributed by atoms with van der Waals surface area (Å²) in [4.78, 5) is 14.7. The highest BCUT2D eigenvalue weighted by Crippen LogP contribution is 2.10. The summed E-state index contributed by atoms with van der Waals surface area (Å²) in [6.07, 6.45) is 1.01. The average Bonchev–Trinajstić information content (AvgIpc) is 2.28. The van der Waals surface area contributed by atoms with E-state index in [4.69, 9.17) is 5.11 Å². The van der Waals surface area contributed by atoms with Crippen LogP contribution < -0.4 is 5.32 Å². The Kier molecular flexibility index (Phi) is 4.51. The number of aliphatic hydroxyl groups excluding tert-OH is 1. The van der Waals surface area contributed by atoms with Crippen molar-refractivity contribution in [3.8, 4) is 0 Å². The molecule has 17 heavy (non-hydrogen) atoms. The minimum Gasteiger partial charge on any atom is -0.394 e. The van der Waals surface area contributed by atoms with Crippen LogP contribution >= 0.6 is 0 Å². The molecule has 94 valence electrons. The number of hydrogen-bond donors (Lipinski definition) is 2. The number of nitrogens with one attached hydrogen (secondary N) is 1. The molecule has 0 bridgehead atoms. The van der Waals surface area contributed by atoms with Crippen molar-refractivity contribution >= 4 is 5.91 Å². The first-order valence-electron chi connectivity index (χ1n) is 5.19. The van der Waals surface area contributed by atoms with Gasteiger partial charge in [-0.1, -0.05) is 13.8 Å². The highest BCUT2D eigenvalue weighted by atomic mass is 19.2. The maximum Gasteiger partial charge on any atom is 0.254 e. The number of pyridine rings is 1. The fourth-order valence-corrected chi connectivity index (χ4v) is 1.26. The van der Waals surface area contributed by atoms with E-state index in [2.05, 4.69) is 10.3 Å². The number of nitrogens with zero attached hydrogens (tertiary/aromatic N) is 1. The van der Waals surface area contributed by atoms with E-state index in [-0.39, 0.29) is 12.5 Å². The maximum absolute atomic E-state index is 13.2. The fraction of sp³-hybridized carbons (Fsp3) is 0.455. The van der Waals surface area contributed by atoms with Crippen molar-refractivity contribution in [1.29, 1.82) is 0 Å². The van der Waals surface area contributed by atoms with Gasteiger partial charge in [0.2, 0.25) is 5.95 Å². The van der Waals surface area contributed by atoms with E-state index < -0.39 is 29.3 Å². The molecule has 1 aromatic heterocycles. The van der Waals surface area contributed by atoms with Gasteiger partial charge in [0.15, 0.2) is 5.82 Å². The van der Waals surface area contributed by atoms with Crippen molar-refractivity contribution in [3.05, 3.63) is 29.6 Å². The third kappa shape index (κ3) is 3.20. The number of halogens is 2. The second-order valence-electron chi connectivity index (χ2n) is 3.97. The molecule has 2 N–H and O–H groups in total. The Morgan fingerprint density at radius 1 is 1.53 bits per heavy atom. The largest absolute Gasteiger partial charge is 0.394 e. The Labute approximate surface area is 97.7 Å². The van der Waals surface area contributed by atoms with Crippen LogP contribution in [0.3, 0.4) is 0 Å². The molecule has 0 aliphatic heterocycles. The van der Waals surface area contributed by atoms with E-state index in [1.54, 1.807) is 13.8 Å². The standard InChI is InChI=1S/C11H14F2N2O2/c1-6(2)8(5-16)15-11(17)7-3-4-14-10(13)9(7)12/h3-4,6,8,16H,5H2,1-2H3,(H,15,17)/t8-/m1/s1. The molecule has 0 aliphatic carbocycles. The Bertz CT molecular complexity index is 410. The topological polar surface area (TPSA) is 62.2 Å². The normalized spacial score (nSPS) is 12.6. The van der Waals surface area contributed by atoms with Gasteiger partial charge in [-0.25, -0.2) is 9.37 Å². The van der Waals surface area contributed by atoms with Gasteiger partial charge in [-0.15, -0.1) is 0 Å². The predicted octanol–water partition coefficient (Wildman–Crippen LogP) is 1.11. The van der Waals surface area contributed by atoms with Gasteiger partial charge >= 0.3 is 0 Å². The second-order valence-corrected chi connectivity index (χ2v) is 3.97. The minimum atomic E-state index is -1.32. The van der Waals surface area contributed by atoms with Crippen molar-refractivity contribution < 1.29 is 18.7 Å². The number of amides is 1. The number of carbonyl (C=O) groups excluding carboxylic acids is 1. The number of rotatable bonds is 4. The quantitative estimate of drug-likeness (QED) is 0.780. The molecule has 0 fully saturated rings. The van der Waals surface area contributed by atoms with Crippen LogP contribution in [-0.4, -0.2) is 28.6 Å². The van der Waals surface area contributed by atoms with E-state index in [1.165, 1.54) is 0 Å². The van der Waals surface area contributed by atoms with Crippen LogP contribution in [0.1, 0.15) is 24.2 Å². The van der Waals surface area contributed by atoms with Crippen LogP contribution in [-0.2, 0) is 0 Å². The second kappa shape index (κ2) is 5.67. The molecule has 0 saturated heterocycles. The summed E-state index contributed by atoms with van der Waals surface area (Å²) in [5.74, 6) is -3.39. The summed E-state index contributed by atoms with van der Waals surface area (Å²) < 4.78 is 26.0. The van der Waals surface area contributed by atoms with Gasteiger partial charge in [0.05, 0.1) is 18.2 Å². The van der Waals surface area contributed by atoms with Crippen LogP contribution in [0, 0.1) is 17.7 Å². The van der Waals surface area contributed by atoms with Crippen LogP contribution in [0.2, 0.25) is 0 Å².